The molecule has 0 amide bonds. The van der Waals surface area contributed by atoms with Crippen molar-refractivity contribution in [3.05, 3.63) is 41.5 Å². The number of carboxylic acid groups (broad SMARTS) is 1. The van der Waals surface area contributed by atoms with Gasteiger partial charge in [0.05, 0.1) is 5.70 Å². The molecule has 1 aliphatic rings. The van der Waals surface area contributed by atoms with E-state index in [0.717, 1.165) is 17.2 Å². The largest absolute Gasteiger partial charge is 0.478 e. The minimum absolute atomic E-state index is 0.517. The quantitative estimate of drug-likeness (QED) is 0.655. The Hall–Kier alpha value is -1.90. The van der Waals surface area contributed by atoms with Gasteiger partial charge in [-0.2, -0.15) is 0 Å². The van der Waals surface area contributed by atoms with E-state index >= 15 is 0 Å². The van der Waals surface area contributed by atoms with Crippen molar-refractivity contribution in [1.29, 1.82) is 0 Å². The molecule has 0 aromatic heterocycles. The molecule has 3 nitrogen and oxygen atoms in total. The minimum Gasteiger partial charge on any atom is -0.478 e. The highest BCUT2D eigenvalue weighted by Crippen LogP contribution is 2.24. The first-order valence-electron chi connectivity index (χ1n) is 3.85. The van der Waals surface area contributed by atoms with E-state index in [1.54, 1.807) is 6.21 Å². The third-order valence-corrected chi connectivity index (χ3v) is 1.84. The molecule has 1 aromatic rings. The third kappa shape index (κ3) is 1.36. The van der Waals surface area contributed by atoms with Crippen LogP contribution in [0.25, 0.3) is 5.70 Å². The van der Waals surface area contributed by atoms with E-state index < -0.39 is 5.97 Å². The summed E-state index contributed by atoms with van der Waals surface area (Å²) in [6, 6.07) is 7.52. The van der Waals surface area contributed by atoms with Crippen LogP contribution in [0, 0.1) is 0 Å². The molecule has 0 aliphatic carbocycles. The fraction of sp³-hybridized carbons (Fsp3) is 0. The van der Waals surface area contributed by atoms with E-state index in [1.165, 1.54) is 0 Å². The molecule has 0 radical (unpaired) electrons. The highest BCUT2D eigenvalue weighted by atomic mass is 16.4. The Balaban J connectivity index is 2.50. The molecule has 1 aliphatic heterocycles. The molecule has 0 saturated heterocycles. The van der Waals surface area contributed by atoms with Crippen LogP contribution in [0.1, 0.15) is 11.1 Å². The van der Waals surface area contributed by atoms with Gasteiger partial charge in [-0.15, -0.1) is 0 Å². The molecule has 2 rings (SSSR count). The predicted molar refractivity (Wildman–Crippen MR) is 49.6 cm³/mol. The number of fused-ring (bicyclic) bond motifs is 1. The molecule has 0 bridgehead atoms. The summed E-state index contributed by atoms with van der Waals surface area (Å²) in [5.41, 5.74) is 2.36. The summed E-state index contributed by atoms with van der Waals surface area (Å²) in [6.45, 7) is 0. The van der Waals surface area contributed by atoms with Crippen LogP contribution in [0.2, 0.25) is 0 Å². The first-order chi connectivity index (χ1) is 6.27. The van der Waals surface area contributed by atoms with Crippen molar-refractivity contribution in [1.82, 2.24) is 0 Å². The lowest BCUT2D eigenvalue weighted by Crippen LogP contribution is -1.89. The maximum Gasteiger partial charge on any atom is 0.330 e. The lowest BCUT2D eigenvalue weighted by molar-refractivity contribution is -0.131. The average Bonchev–Trinajstić information content (AvgIpc) is 2.48. The van der Waals surface area contributed by atoms with Gasteiger partial charge in [-0.3, -0.25) is 4.99 Å². The van der Waals surface area contributed by atoms with Gasteiger partial charge in [0, 0.05) is 23.4 Å². The molecule has 3 heteroatoms. The zero-order valence-corrected chi connectivity index (χ0v) is 6.77. The Kier molecular flexibility index (Phi) is 1.70. The molecule has 1 aromatic carbocycles. The second kappa shape index (κ2) is 2.86. The van der Waals surface area contributed by atoms with E-state index in [-0.39, 0.29) is 0 Å². The van der Waals surface area contributed by atoms with Crippen LogP contribution < -0.4 is 0 Å². The second-order valence-electron chi connectivity index (χ2n) is 2.71. The van der Waals surface area contributed by atoms with E-state index in [1.807, 2.05) is 24.3 Å². The number of hydrogen-bond acceptors (Lipinski definition) is 2. The van der Waals surface area contributed by atoms with Crippen LogP contribution in [0.5, 0.6) is 0 Å². The Morgan fingerprint density at radius 1 is 1.38 bits per heavy atom. The molecule has 0 spiro atoms. The fourth-order valence-electron chi connectivity index (χ4n) is 1.28. The van der Waals surface area contributed by atoms with Crippen molar-refractivity contribution >= 4 is 17.9 Å². The van der Waals surface area contributed by atoms with Gasteiger partial charge in [-0.25, -0.2) is 4.79 Å². The van der Waals surface area contributed by atoms with Crippen molar-refractivity contribution in [2.75, 3.05) is 0 Å². The monoisotopic (exact) mass is 173 g/mol. The van der Waals surface area contributed by atoms with Crippen molar-refractivity contribution in [2.45, 2.75) is 0 Å². The molecule has 1 heterocycles. The number of rotatable bonds is 1. The first-order valence-corrected chi connectivity index (χ1v) is 3.85. The molecule has 0 saturated carbocycles. The lowest BCUT2D eigenvalue weighted by Gasteiger charge is -1.96. The third-order valence-electron chi connectivity index (χ3n) is 1.84. The minimum atomic E-state index is -0.969. The molecular weight excluding hydrogens is 166 g/mol. The SMILES string of the molecule is O=C(O)C=C1N=Cc2ccccc21. The predicted octanol–water partition coefficient (Wildman–Crippen LogP) is 1.54. The molecule has 0 unspecified atom stereocenters. The molecular formula is C10H7NO2. The summed E-state index contributed by atoms with van der Waals surface area (Å²) in [4.78, 5) is 14.4. The van der Waals surface area contributed by atoms with Crippen molar-refractivity contribution in [2.24, 2.45) is 4.99 Å². The standard InChI is InChI=1S/C10H7NO2/c12-10(13)5-9-8-4-2-1-3-7(8)6-11-9/h1-6H,(H,12,13). The van der Waals surface area contributed by atoms with Gasteiger partial charge in [0.2, 0.25) is 0 Å². The van der Waals surface area contributed by atoms with Crippen LogP contribution >= 0.6 is 0 Å². The zero-order chi connectivity index (χ0) is 9.26. The normalized spacial score (nSPS) is 16.2. The zero-order valence-electron chi connectivity index (χ0n) is 6.77. The molecule has 0 atom stereocenters. The maximum absolute atomic E-state index is 10.4. The summed E-state index contributed by atoms with van der Waals surface area (Å²) in [6.07, 6.45) is 2.78. The van der Waals surface area contributed by atoms with E-state index in [4.69, 9.17) is 5.11 Å². The Bertz CT molecular complexity index is 419. The average molecular weight is 173 g/mol. The molecule has 13 heavy (non-hydrogen) atoms. The number of aliphatic imine (C=N–C) groups is 1. The summed E-state index contributed by atoms with van der Waals surface area (Å²) < 4.78 is 0. The number of hydrogen-bond donors (Lipinski definition) is 1. The number of aliphatic carboxylic acids is 1. The summed E-state index contributed by atoms with van der Waals surface area (Å²) in [5.74, 6) is -0.969. The second-order valence-corrected chi connectivity index (χ2v) is 2.71. The first kappa shape index (κ1) is 7.73. The lowest BCUT2D eigenvalue weighted by atomic mass is 10.1. The van der Waals surface area contributed by atoms with Crippen LogP contribution in [0.4, 0.5) is 0 Å². The Morgan fingerprint density at radius 2 is 2.15 bits per heavy atom. The van der Waals surface area contributed by atoms with Gasteiger partial charge < -0.3 is 5.11 Å². The van der Waals surface area contributed by atoms with Crippen molar-refractivity contribution in [3.8, 4) is 0 Å². The van der Waals surface area contributed by atoms with Crippen LogP contribution in [-0.2, 0) is 4.79 Å². The molecule has 1 N–H and O–H groups in total. The fourth-order valence-corrected chi connectivity index (χ4v) is 1.28. The highest BCUT2D eigenvalue weighted by molar-refractivity contribution is 6.01. The Morgan fingerprint density at radius 3 is 2.92 bits per heavy atom. The molecule has 0 fully saturated rings. The van der Waals surface area contributed by atoms with Gasteiger partial charge in [0.15, 0.2) is 0 Å². The van der Waals surface area contributed by atoms with Gasteiger partial charge in [-0.05, 0) is 0 Å². The molecule has 64 valence electrons. The van der Waals surface area contributed by atoms with Crippen LogP contribution in [0.15, 0.2) is 35.3 Å². The van der Waals surface area contributed by atoms with Gasteiger partial charge in [0.1, 0.15) is 0 Å². The number of carboxylic acids is 1. The van der Waals surface area contributed by atoms with Crippen molar-refractivity contribution < 1.29 is 9.90 Å². The number of nitrogens with zero attached hydrogens (tertiary/aromatic N) is 1. The summed E-state index contributed by atoms with van der Waals surface area (Å²) in [7, 11) is 0. The van der Waals surface area contributed by atoms with E-state index in [2.05, 4.69) is 4.99 Å². The van der Waals surface area contributed by atoms with Crippen molar-refractivity contribution in [3.63, 3.8) is 0 Å². The van der Waals surface area contributed by atoms with Gasteiger partial charge in [-0.1, -0.05) is 24.3 Å². The van der Waals surface area contributed by atoms with E-state index in [0.29, 0.717) is 5.70 Å². The van der Waals surface area contributed by atoms with Crippen LogP contribution in [0.3, 0.4) is 0 Å². The highest BCUT2D eigenvalue weighted by Gasteiger charge is 2.11. The topological polar surface area (TPSA) is 49.7 Å². The number of carbonyl (C=O) groups is 1. The van der Waals surface area contributed by atoms with Gasteiger partial charge >= 0.3 is 5.97 Å². The van der Waals surface area contributed by atoms with Gasteiger partial charge in [0.25, 0.3) is 0 Å². The maximum atomic E-state index is 10.4. The van der Waals surface area contributed by atoms with E-state index in [9.17, 15) is 4.79 Å². The number of benzene rings is 1. The summed E-state index contributed by atoms with van der Waals surface area (Å²) >= 11 is 0. The smallest absolute Gasteiger partial charge is 0.330 e. The summed E-state index contributed by atoms with van der Waals surface area (Å²) in [5, 5.41) is 8.55. The van der Waals surface area contributed by atoms with Crippen LogP contribution in [-0.4, -0.2) is 17.3 Å². The Labute approximate surface area is 75.0 Å².